The molecule has 2 aromatic heterocycles. The zero-order chi connectivity index (χ0) is 22.8. The summed E-state index contributed by atoms with van der Waals surface area (Å²) in [5.41, 5.74) is 4.69. The summed E-state index contributed by atoms with van der Waals surface area (Å²) in [6.07, 6.45) is 5.96. The predicted octanol–water partition coefficient (Wildman–Crippen LogP) is 4.57. The van der Waals surface area contributed by atoms with Gasteiger partial charge in [-0.15, -0.1) is 11.3 Å². The first-order chi connectivity index (χ1) is 16.1. The normalized spacial score (nSPS) is 17.6. The van der Waals surface area contributed by atoms with Crippen molar-refractivity contribution >= 4 is 40.5 Å². The zero-order valence-corrected chi connectivity index (χ0v) is 19.6. The Morgan fingerprint density at radius 1 is 1.18 bits per heavy atom. The number of pyridine rings is 1. The van der Waals surface area contributed by atoms with Crippen LogP contribution in [-0.4, -0.2) is 49.1 Å². The molecule has 1 amide bonds. The molecule has 4 heterocycles. The van der Waals surface area contributed by atoms with Gasteiger partial charge in [0, 0.05) is 59.9 Å². The van der Waals surface area contributed by atoms with Crippen molar-refractivity contribution in [1.29, 1.82) is 0 Å². The highest BCUT2D eigenvalue weighted by molar-refractivity contribution is 7.11. The van der Waals surface area contributed by atoms with Crippen molar-refractivity contribution < 1.29 is 9.53 Å². The number of aryl methyl sites for hydroxylation is 1. The van der Waals surface area contributed by atoms with Crippen molar-refractivity contribution in [3.63, 3.8) is 0 Å². The summed E-state index contributed by atoms with van der Waals surface area (Å²) < 4.78 is 5.41. The van der Waals surface area contributed by atoms with Crippen LogP contribution in [0, 0.1) is 6.92 Å². The summed E-state index contributed by atoms with van der Waals surface area (Å²) in [6, 6.07) is 11.7. The Labute approximate surface area is 197 Å². The third-order valence-corrected chi connectivity index (χ3v) is 6.92. The maximum Gasteiger partial charge on any atom is 0.255 e. The number of carbonyl (C=O) groups excluding carboxylic acids is 1. The van der Waals surface area contributed by atoms with Crippen LogP contribution in [-0.2, 0) is 4.74 Å². The Bertz CT molecular complexity index is 1190. The number of hydrogen-bond donors (Lipinski definition) is 2. The average Bonchev–Trinajstić information content (AvgIpc) is 3.32. The van der Waals surface area contributed by atoms with Crippen molar-refractivity contribution in [2.75, 3.05) is 48.9 Å². The molecule has 170 valence electrons. The van der Waals surface area contributed by atoms with Crippen LogP contribution in [0.15, 0.2) is 54.2 Å². The third-order valence-electron chi connectivity index (χ3n) is 6.02. The largest absolute Gasteiger partial charge is 0.378 e. The Kier molecular flexibility index (Phi) is 6.02. The van der Waals surface area contributed by atoms with Crippen LogP contribution in [0.1, 0.15) is 32.5 Å². The number of benzene rings is 1. The number of ether oxygens (including phenoxy) is 1. The number of hydrogen-bond acceptors (Lipinski definition) is 7. The van der Waals surface area contributed by atoms with Crippen LogP contribution in [0.4, 0.5) is 17.2 Å². The number of anilines is 3. The molecule has 1 fully saturated rings. The van der Waals surface area contributed by atoms with Gasteiger partial charge in [-0.3, -0.25) is 4.79 Å². The molecule has 0 saturated carbocycles. The molecule has 5 rings (SSSR count). The third kappa shape index (κ3) is 4.58. The minimum Gasteiger partial charge on any atom is -0.378 e. The summed E-state index contributed by atoms with van der Waals surface area (Å²) in [5, 5.41) is 8.81. The van der Waals surface area contributed by atoms with Gasteiger partial charge in [0.15, 0.2) is 0 Å². The lowest BCUT2D eigenvalue weighted by Gasteiger charge is -2.32. The van der Waals surface area contributed by atoms with Gasteiger partial charge in [0.25, 0.3) is 5.91 Å². The van der Waals surface area contributed by atoms with Crippen LogP contribution < -0.4 is 15.5 Å². The molecule has 2 aliphatic heterocycles. The molecule has 2 aliphatic rings. The van der Waals surface area contributed by atoms with Gasteiger partial charge in [-0.2, -0.15) is 0 Å². The number of rotatable bonds is 5. The first kappa shape index (κ1) is 21.5. The smallest absolute Gasteiger partial charge is 0.255 e. The Morgan fingerprint density at radius 3 is 2.88 bits per heavy atom. The molecule has 1 saturated heterocycles. The second-order valence-electron chi connectivity index (χ2n) is 8.25. The molecular formula is C25H27N5O2S. The number of carbonyl (C=O) groups is 1. The predicted molar refractivity (Wildman–Crippen MR) is 134 cm³/mol. The number of fused-ring (bicyclic) bond motifs is 1. The van der Waals surface area contributed by atoms with Gasteiger partial charge in [0.05, 0.1) is 13.2 Å². The number of amides is 1. The minimum absolute atomic E-state index is 0.0391. The highest BCUT2D eigenvalue weighted by Gasteiger charge is 2.22. The van der Waals surface area contributed by atoms with Crippen molar-refractivity contribution in [3.8, 4) is 0 Å². The summed E-state index contributed by atoms with van der Waals surface area (Å²) in [6.45, 7) is 4.98. The van der Waals surface area contributed by atoms with Crippen LogP contribution >= 0.6 is 11.3 Å². The van der Waals surface area contributed by atoms with Gasteiger partial charge < -0.3 is 25.2 Å². The molecule has 0 bridgehead atoms. The van der Waals surface area contributed by atoms with Crippen molar-refractivity contribution in [3.05, 3.63) is 75.7 Å². The highest BCUT2D eigenvalue weighted by Crippen LogP contribution is 2.35. The van der Waals surface area contributed by atoms with Gasteiger partial charge in [0.1, 0.15) is 12.0 Å². The first-order valence-electron chi connectivity index (χ1n) is 11.0. The Balaban J connectivity index is 1.32. The summed E-state index contributed by atoms with van der Waals surface area (Å²) in [5.74, 6) is 0.650. The molecule has 1 unspecified atom stereocenters. The van der Waals surface area contributed by atoms with E-state index in [4.69, 9.17) is 4.74 Å². The fourth-order valence-electron chi connectivity index (χ4n) is 4.09. The molecule has 0 radical (unpaired) electrons. The summed E-state index contributed by atoms with van der Waals surface area (Å²) in [4.78, 5) is 23.0. The molecule has 1 aromatic carbocycles. The van der Waals surface area contributed by atoms with E-state index in [9.17, 15) is 4.79 Å². The molecule has 3 aromatic rings. The lowest BCUT2D eigenvalue weighted by Crippen LogP contribution is -2.36. The van der Waals surface area contributed by atoms with E-state index in [-0.39, 0.29) is 12.1 Å². The van der Waals surface area contributed by atoms with Crippen LogP contribution in [0.3, 0.4) is 0 Å². The van der Waals surface area contributed by atoms with E-state index >= 15 is 0 Å². The van der Waals surface area contributed by atoms with Crippen molar-refractivity contribution in [2.45, 2.75) is 13.1 Å². The molecule has 2 N–H and O–H groups in total. The van der Waals surface area contributed by atoms with E-state index < -0.39 is 0 Å². The van der Waals surface area contributed by atoms with E-state index in [1.807, 2.05) is 24.3 Å². The summed E-state index contributed by atoms with van der Waals surface area (Å²) in [7, 11) is 2.06. The minimum atomic E-state index is -0.153. The molecular weight excluding hydrogens is 434 g/mol. The molecule has 8 heteroatoms. The van der Waals surface area contributed by atoms with Gasteiger partial charge in [-0.05, 0) is 54.3 Å². The fraction of sp³-hybridized carbons (Fsp3) is 0.280. The molecule has 0 spiro atoms. The van der Waals surface area contributed by atoms with Gasteiger partial charge in [0.2, 0.25) is 0 Å². The Morgan fingerprint density at radius 2 is 2.03 bits per heavy atom. The molecule has 33 heavy (non-hydrogen) atoms. The topological polar surface area (TPSA) is 69.7 Å². The van der Waals surface area contributed by atoms with Crippen LogP contribution in [0.25, 0.3) is 6.08 Å². The van der Waals surface area contributed by atoms with E-state index in [0.717, 1.165) is 35.8 Å². The van der Waals surface area contributed by atoms with Crippen LogP contribution in [0.2, 0.25) is 0 Å². The molecule has 0 aliphatic carbocycles. The number of morpholine rings is 1. The van der Waals surface area contributed by atoms with Gasteiger partial charge in [-0.1, -0.05) is 6.07 Å². The standard InChI is InChI=1S/C25H27N5O2S/c1-17-3-4-19(16-21(17)28-24-20-7-14-33-22(20)6-9-29(24)2)27-25(31)18-5-8-26-23(15-18)30-10-12-32-13-11-30/h3-9,14-16,24,28H,10-13H2,1-2H3,(H,27,31). The zero-order valence-electron chi connectivity index (χ0n) is 18.7. The monoisotopic (exact) mass is 461 g/mol. The number of aromatic nitrogens is 1. The average molecular weight is 462 g/mol. The summed E-state index contributed by atoms with van der Waals surface area (Å²) >= 11 is 1.74. The van der Waals surface area contributed by atoms with Crippen LogP contribution in [0.5, 0.6) is 0 Å². The maximum absolute atomic E-state index is 13.0. The quantitative estimate of drug-likeness (QED) is 0.580. The molecule has 1 atom stereocenters. The second kappa shape index (κ2) is 9.25. The second-order valence-corrected chi connectivity index (χ2v) is 9.20. The van der Waals surface area contributed by atoms with Gasteiger partial charge in [-0.25, -0.2) is 4.98 Å². The lowest BCUT2D eigenvalue weighted by molar-refractivity contribution is 0.102. The number of thiophene rings is 1. The fourth-order valence-corrected chi connectivity index (χ4v) is 4.91. The number of nitrogens with zero attached hydrogens (tertiary/aromatic N) is 3. The lowest BCUT2D eigenvalue weighted by atomic mass is 10.1. The highest BCUT2D eigenvalue weighted by atomic mass is 32.1. The van der Waals surface area contributed by atoms with Crippen molar-refractivity contribution in [2.24, 2.45) is 0 Å². The van der Waals surface area contributed by atoms with E-state index in [2.05, 4.69) is 63.1 Å². The van der Waals surface area contributed by atoms with E-state index in [1.165, 1.54) is 10.4 Å². The SMILES string of the molecule is Cc1ccc(NC(=O)c2ccnc(N3CCOCC3)c2)cc1NC1c2ccsc2C=CN1C. The van der Waals surface area contributed by atoms with Crippen molar-refractivity contribution in [1.82, 2.24) is 9.88 Å². The first-order valence-corrected chi connectivity index (χ1v) is 11.9. The van der Waals surface area contributed by atoms with E-state index in [0.29, 0.717) is 18.8 Å². The number of nitrogens with one attached hydrogen (secondary N) is 2. The Hall–Kier alpha value is -3.36. The van der Waals surface area contributed by atoms with Gasteiger partial charge >= 0.3 is 0 Å². The van der Waals surface area contributed by atoms with E-state index in [1.54, 1.807) is 23.6 Å². The maximum atomic E-state index is 13.0. The molecule has 7 nitrogen and oxygen atoms in total.